The molecule has 0 bridgehead atoms. The molecule has 1 aliphatic heterocycles. The number of hydrogen-bond acceptors (Lipinski definition) is 5. The Bertz CT molecular complexity index is 513. The minimum Gasteiger partial charge on any atom is -0.399 e. The average Bonchev–Trinajstić information content (AvgIpc) is 2.58. The lowest BCUT2D eigenvalue weighted by atomic mass is 9.79. The SMILES string of the molecule is CN(C)c1cc(B2OC(C)(C)C(C)(C)O2)cc(C=O)n1. The van der Waals surface area contributed by atoms with E-state index in [0.717, 1.165) is 11.7 Å². The van der Waals surface area contributed by atoms with E-state index in [1.54, 1.807) is 6.07 Å². The summed E-state index contributed by atoms with van der Waals surface area (Å²) in [5.41, 5.74) is 0.381. The van der Waals surface area contributed by atoms with Crippen LogP contribution in [0.2, 0.25) is 0 Å². The van der Waals surface area contributed by atoms with Gasteiger partial charge in [0.1, 0.15) is 11.5 Å². The molecule has 0 N–H and O–H groups in total. The molecule has 1 saturated heterocycles. The number of aldehydes is 1. The monoisotopic (exact) mass is 276 g/mol. The van der Waals surface area contributed by atoms with Gasteiger partial charge in [-0.1, -0.05) is 0 Å². The third-order valence-electron chi connectivity index (χ3n) is 3.96. The normalized spacial score (nSPS) is 20.0. The number of carbonyl (C=O) groups is 1. The fourth-order valence-corrected chi connectivity index (χ4v) is 1.96. The topological polar surface area (TPSA) is 51.7 Å². The van der Waals surface area contributed by atoms with Crippen LogP contribution in [0, 0.1) is 0 Å². The van der Waals surface area contributed by atoms with Gasteiger partial charge in [-0.15, -0.1) is 0 Å². The number of rotatable bonds is 3. The lowest BCUT2D eigenvalue weighted by Gasteiger charge is -2.32. The Morgan fingerprint density at radius 3 is 2.15 bits per heavy atom. The fraction of sp³-hybridized carbons (Fsp3) is 0.571. The Labute approximate surface area is 120 Å². The van der Waals surface area contributed by atoms with Gasteiger partial charge in [-0.3, -0.25) is 4.79 Å². The van der Waals surface area contributed by atoms with Crippen LogP contribution >= 0.6 is 0 Å². The lowest BCUT2D eigenvalue weighted by molar-refractivity contribution is 0.00578. The smallest absolute Gasteiger partial charge is 0.399 e. The molecule has 20 heavy (non-hydrogen) atoms. The Morgan fingerprint density at radius 1 is 1.15 bits per heavy atom. The van der Waals surface area contributed by atoms with Crippen LogP contribution in [-0.4, -0.2) is 43.7 Å². The van der Waals surface area contributed by atoms with E-state index < -0.39 is 18.3 Å². The minimum atomic E-state index is -0.486. The van der Waals surface area contributed by atoms with Crippen LogP contribution in [-0.2, 0) is 9.31 Å². The highest BCUT2D eigenvalue weighted by atomic mass is 16.7. The van der Waals surface area contributed by atoms with Gasteiger partial charge in [0.2, 0.25) is 0 Å². The predicted octanol–water partition coefficient (Wildman–Crippen LogP) is 1.26. The molecule has 0 amide bonds. The number of anilines is 1. The molecule has 0 spiro atoms. The summed E-state index contributed by atoms with van der Waals surface area (Å²) in [6.45, 7) is 8.01. The molecule has 0 aromatic carbocycles. The van der Waals surface area contributed by atoms with Gasteiger partial charge in [-0.2, -0.15) is 0 Å². The second-order valence-electron chi connectivity index (χ2n) is 6.28. The molecule has 108 valence electrons. The lowest BCUT2D eigenvalue weighted by Crippen LogP contribution is -2.41. The minimum absolute atomic E-state index is 0.376. The highest BCUT2D eigenvalue weighted by Gasteiger charge is 2.51. The van der Waals surface area contributed by atoms with Crippen molar-refractivity contribution in [2.45, 2.75) is 38.9 Å². The second kappa shape index (κ2) is 4.86. The molecule has 0 atom stereocenters. The summed E-state index contributed by atoms with van der Waals surface area (Å²) in [5, 5.41) is 0. The average molecular weight is 276 g/mol. The number of aromatic nitrogens is 1. The first-order valence-corrected chi connectivity index (χ1v) is 6.66. The molecular formula is C14H21BN2O3. The quantitative estimate of drug-likeness (QED) is 0.614. The van der Waals surface area contributed by atoms with Crippen molar-refractivity contribution in [2.24, 2.45) is 0 Å². The van der Waals surface area contributed by atoms with Crippen molar-refractivity contribution >= 4 is 24.7 Å². The van der Waals surface area contributed by atoms with Gasteiger partial charge >= 0.3 is 7.12 Å². The van der Waals surface area contributed by atoms with Crippen LogP contribution < -0.4 is 10.4 Å². The van der Waals surface area contributed by atoms with Crippen molar-refractivity contribution in [3.63, 3.8) is 0 Å². The summed E-state index contributed by atoms with van der Waals surface area (Å²) in [6, 6.07) is 3.59. The van der Waals surface area contributed by atoms with Crippen molar-refractivity contribution in [2.75, 3.05) is 19.0 Å². The Morgan fingerprint density at radius 2 is 1.70 bits per heavy atom. The summed E-state index contributed by atoms with van der Waals surface area (Å²) >= 11 is 0. The van der Waals surface area contributed by atoms with E-state index in [-0.39, 0.29) is 0 Å². The maximum Gasteiger partial charge on any atom is 0.495 e. The zero-order valence-electron chi connectivity index (χ0n) is 12.9. The molecule has 2 heterocycles. The molecule has 0 saturated carbocycles. The van der Waals surface area contributed by atoms with E-state index in [1.165, 1.54) is 0 Å². The van der Waals surface area contributed by atoms with Crippen LogP contribution in [0.4, 0.5) is 5.82 Å². The molecule has 1 fully saturated rings. The Hall–Kier alpha value is -1.40. The van der Waals surface area contributed by atoms with Crippen LogP contribution in [0.15, 0.2) is 12.1 Å². The molecule has 1 aliphatic rings. The number of pyridine rings is 1. The highest BCUT2D eigenvalue weighted by Crippen LogP contribution is 2.36. The Balaban J connectivity index is 2.39. The first-order valence-electron chi connectivity index (χ1n) is 6.66. The molecule has 0 radical (unpaired) electrons. The van der Waals surface area contributed by atoms with Crippen molar-refractivity contribution in [3.8, 4) is 0 Å². The van der Waals surface area contributed by atoms with Crippen LogP contribution in [0.3, 0.4) is 0 Å². The van der Waals surface area contributed by atoms with Gasteiger partial charge in [-0.25, -0.2) is 4.98 Å². The molecule has 2 rings (SSSR count). The first kappa shape index (κ1) is 15.0. The van der Waals surface area contributed by atoms with Crippen molar-refractivity contribution < 1.29 is 14.1 Å². The molecule has 5 nitrogen and oxygen atoms in total. The summed E-state index contributed by atoms with van der Waals surface area (Å²) < 4.78 is 12.0. The standard InChI is InChI=1S/C14H21BN2O3/c1-13(2)14(3,4)20-15(19-13)10-7-11(9-18)16-12(8-10)17(5)6/h7-9H,1-6H3. The van der Waals surface area contributed by atoms with E-state index >= 15 is 0 Å². The molecule has 0 aliphatic carbocycles. The molecular weight excluding hydrogens is 255 g/mol. The summed E-state index contributed by atoms with van der Waals surface area (Å²) in [7, 11) is 3.27. The van der Waals surface area contributed by atoms with Crippen LogP contribution in [0.25, 0.3) is 0 Å². The number of hydrogen-bond donors (Lipinski definition) is 0. The summed E-state index contributed by atoms with van der Waals surface area (Å²) in [5.74, 6) is 0.708. The third kappa shape index (κ3) is 2.58. The van der Waals surface area contributed by atoms with Gasteiger partial charge in [0.15, 0.2) is 6.29 Å². The van der Waals surface area contributed by atoms with E-state index in [1.807, 2.05) is 52.8 Å². The first-order chi connectivity index (χ1) is 9.16. The maximum absolute atomic E-state index is 11.0. The van der Waals surface area contributed by atoms with Crippen LogP contribution in [0.5, 0.6) is 0 Å². The van der Waals surface area contributed by atoms with Crippen molar-refractivity contribution in [3.05, 3.63) is 17.8 Å². The van der Waals surface area contributed by atoms with E-state index in [2.05, 4.69) is 4.98 Å². The summed E-state index contributed by atoms with van der Waals surface area (Å²) in [6.07, 6.45) is 0.738. The zero-order valence-corrected chi connectivity index (χ0v) is 12.9. The van der Waals surface area contributed by atoms with E-state index in [0.29, 0.717) is 11.5 Å². The van der Waals surface area contributed by atoms with Gasteiger partial charge in [0.05, 0.1) is 11.2 Å². The summed E-state index contributed by atoms with van der Waals surface area (Å²) in [4.78, 5) is 17.1. The third-order valence-corrected chi connectivity index (χ3v) is 3.96. The number of nitrogens with zero attached hydrogens (tertiary/aromatic N) is 2. The van der Waals surface area contributed by atoms with Crippen LogP contribution in [0.1, 0.15) is 38.2 Å². The fourth-order valence-electron chi connectivity index (χ4n) is 1.96. The van der Waals surface area contributed by atoms with Gasteiger partial charge < -0.3 is 14.2 Å². The highest BCUT2D eigenvalue weighted by molar-refractivity contribution is 6.62. The van der Waals surface area contributed by atoms with Gasteiger partial charge in [0.25, 0.3) is 0 Å². The zero-order chi connectivity index (χ0) is 15.1. The second-order valence-corrected chi connectivity index (χ2v) is 6.28. The van der Waals surface area contributed by atoms with Gasteiger partial charge in [0, 0.05) is 14.1 Å². The molecule has 1 aromatic heterocycles. The molecule has 1 aromatic rings. The predicted molar refractivity (Wildman–Crippen MR) is 79.7 cm³/mol. The molecule has 0 unspecified atom stereocenters. The Kier molecular flexibility index (Phi) is 3.65. The largest absolute Gasteiger partial charge is 0.495 e. The van der Waals surface area contributed by atoms with Crippen molar-refractivity contribution in [1.82, 2.24) is 4.98 Å². The maximum atomic E-state index is 11.0. The molecule has 6 heteroatoms. The van der Waals surface area contributed by atoms with E-state index in [9.17, 15) is 4.79 Å². The number of carbonyl (C=O) groups excluding carboxylic acids is 1. The van der Waals surface area contributed by atoms with Crippen molar-refractivity contribution in [1.29, 1.82) is 0 Å². The van der Waals surface area contributed by atoms with E-state index in [4.69, 9.17) is 9.31 Å². The van der Waals surface area contributed by atoms with Gasteiger partial charge in [-0.05, 0) is 45.3 Å².